The fraction of sp³-hybridized carbons (Fsp3) is 0.500. The van der Waals surface area contributed by atoms with Crippen molar-refractivity contribution in [1.82, 2.24) is 5.16 Å². The lowest BCUT2D eigenvalue weighted by Crippen LogP contribution is -1.96. The Morgan fingerprint density at radius 3 is 2.64 bits per heavy atom. The summed E-state index contributed by atoms with van der Waals surface area (Å²) in [6.07, 6.45) is 1.22. The number of rotatable bonds is 3. The zero-order chi connectivity index (χ0) is 8.27. The van der Waals surface area contributed by atoms with Crippen LogP contribution in [-0.2, 0) is 6.42 Å². The van der Waals surface area contributed by atoms with E-state index in [0.29, 0.717) is 24.2 Å². The molecule has 0 amide bonds. The molecular formula is C6H11N3O2. The molecule has 5 nitrogen and oxygen atoms in total. The molecule has 5 heteroatoms. The zero-order valence-electron chi connectivity index (χ0n) is 6.08. The van der Waals surface area contributed by atoms with E-state index in [4.69, 9.17) is 16.6 Å². The van der Waals surface area contributed by atoms with E-state index < -0.39 is 0 Å². The summed E-state index contributed by atoms with van der Waals surface area (Å²) in [6, 6.07) is 0. The average Bonchev–Trinajstić information content (AvgIpc) is 2.31. The Labute approximate surface area is 64.0 Å². The van der Waals surface area contributed by atoms with E-state index in [0.717, 1.165) is 0 Å². The molecule has 0 spiro atoms. The molecule has 0 aliphatic rings. The predicted octanol–water partition coefficient (Wildman–Crippen LogP) is -0.236. The summed E-state index contributed by atoms with van der Waals surface area (Å²) in [5.41, 5.74) is 11.8. The number of aliphatic hydroxyl groups is 1. The molecule has 0 aliphatic heterocycles. The second-order valence-corrected chi connectivity index (χ2v) is 2.23. The Morgan fingerprint density at radius 1 is 1.45 bits per heavy atom. The van der Waals surface area contributed by atoms with E-state index in [1.165, 1.54) is 0 Å². The van der Waals surface area contributed by atoms with Crippen LogP contribution in [0.1, 0.15) is 12.1 Å². The monoisotopic (exact) mass is 157 g/mol. The van der Waals surface area contributed by atoms with Crippen LogP contribution in [0.15, 0.2) is 4.52 Å². The van der Waals surface area contributed by atoms with Gasteiger partial charge in [0.15, 0.2) is 0 Å². The van der Waals surface area contributed by atoms with Crippen LogP contribution in [0.5, 0.6) is 0 Å². The van der Waals surface area contributed by atoms with Gasteiger partial charge in [0.05, 0.1) is 0 Å². The van der Waals surface area contributed by atoms with Crippen molar-refractivity contribution >= 4 is 11.6 Å². The van der Waals surface area contributed by atoms with Crippen LogP contribution in [0, 0.1) is 0 Å². The molecule has 5 N–H and O–H groups in total. The molecule has 0 bridgehead atoms. The number of aliphatic hydroxyl groups excluding tert-OH is 1. The summed E-state index contributed by atoms with van der Waals surface area (Å²) in [5.74, 6) is 0.151. The lowest BCUT2D eigenvalue weighted by molar-refractivity contribution is 0.287. The van der Waals surface area contributed by atoms with E-state index in [-0.39, 0.29) is 12.5 Å². The number of anilines is 2. The van der Waals surface area contributed by atoms with Crippen LogP contribution in [0.25, 0.3) is 0 Å². The van der Waals surface area contributed by atoms with Crippen LogP contribution in [0.3, 0.4) is 0 Å². The van der Waals surface area contributed by atoms with Crippen molar-refractivity contribution in [3.8, 4) is 0 Å². The van der Waals surface area contributed by atoms with Gasteiger partial charge in [-0.15, -0.1) is 0 Å². The summed E-state index contributed by atoms with van der Waals surface area (Å²) in [7, 11) is 0. The Morgan fingerprint density at radius 2 is 2.18 bits per heavy atom. The van der Waals surface area contributed by atoms with Crippen molar-refractivity contribution in [1.29, 1.82) is 0 Å². The summed E-state index contributed by atoms with van der Waals surface area (Å²) >= 11 is 0. The van der Waals surface area contributed by atoms with Gasteiger partial charge in [-0.05, 0) is 12.8 Å². The van der Waals surface area contributed by atoms with E-state index in [1.807, 2.05) is 0 Å². The molecule has 0 fully saturated rings. The Bertz CT molecular complexity index is 234. The number of nitrogens with two attached hydrogens (primary N) is 2. The van der Waals surface area contributed by atoms with Crippen LogP contribution in [-0.4, -0.2) is 16.9 Å². The van der Waals surface area contributed by atoms with Gasteiger partial charge < -0.3 is 21.1 Å². The third-order valence-electron chi connectivity index (χ3n) is 1.40. The molecule has 1 aromatic heterocycles. The van der Waals surface area contributed by atoms with Crippen molar-refractivity contribution in [2.45, 2.75) is 12.8 Å². The molecular weight excluding hydrogens is 146 g/mol. The number of aryl methyl sites for hydroxylation is 1. The van der Waals surface area contributed by atoms with Gasteiger partial charge in [-0.1, -0.05) is 5.16 Å². The molecule has 1 heterocycles. The third kappa shape index (κ3) is 1.62. The fourth-order valence-electron chi connectivity index (χ4n) is 0.772. The molecule has 1 aromatic rings. The second kappa shape index (κ2) is 3.25. The van der Waals surface area contributed by atoms with Gasteiger partial charge in [-0.25, -0.2) is 0 Å². The van der Waals surface area contributed by atoms with Crippen molar-refractivity contribution in [2.75, 3.05) is 18.1 Å². The van der Waals surface area contributed by atoms with Crippen LogP contribution in [0.4, 0.5) is 11.6 Å². The smallest absolute Gasteiger partial charge is 0.245 e. The van der Waals surface area contributed by atoms with E-state index in [2.05, 4.69) is 9.68 Å². The Balaban J connectivity index is 2.63. The zero-order valence-corrected chi connectivity index (χ0v) is 6.08. The first kappa shape index (κ1) is 7.87. The van der Waals surface area contributed by atoms with Gasteiger partial charge in [-0.2, -0.15) is 0 Å². The number of aromatic nitrogens is 1. The molecule has 1 rings (SSSR count). The summed E-state index contributed by atoms with van der Waals surface area (Å²) in [5, 5.41) is 12.1. The standard InChI is InChI=1S/C6H11N3O2/c7-5-4(2-1-3-10)9-11-6(5)8/h10H,1-3,7-8H2. The van der Waals surface area contributed by atoms with Crippen molar-refractivity contribution in [2.24, 2.45) is 0 Å². The van der Waals surface area contributed by atoms with Crippen LogP contribution in [0.2, 0.25) is 0 Å². The fourth-order valence-corrected chi connectivity index (χ4v) is 0.772. The molecule has 0 saturated heterocycles. The first-order valence-corrected chi connectivity index (χ1v) is 3.36. The topological polar surface area (TPSA) is 98.3 Å². The maximum atomic E-state index is 8.49. The Kier molecular flexibility index (Phi) is 2.32. The van der Waals surface area contributed by atoms with Gasteiger partial charge in [0.2, 0.25) is 5.88 Å². The normalized spacial score (nSPS) is 10.3. The highest BCUT2D eigenvalue weighted by Gasteiger charge is 2.08. The highest BCUT2D eigenvalue weighted by Crippen LogP contribution is 2.19. The van der Waals surface area contributed by atoms with E-state index in [9.17, 15) is 0 Å². The van der Waals surface area contributed by atoms with Gasteiger partial charge in [0.25, 0.3) is 0 Å². The summed E-state index contributed by atoms with van der Waals surface area (Å²) < 4.78 is 4.61. The highest BCUT2D eigenvalue weighted by atomic mass is 16.5. The second-order valence-electron chi connectivity index (χ2n) is 2.23. The number of hydrogen-bond donors (Lipinski definition) is 3. The first-order chi connectivity index (χ1) is 5.25. The van der Waals surface area contributed by atoms with Gasteiger partial charge in [0, 0.05) is 6.61 Å². The average molecular weight is 157 g/mol. The quantitative estimate of drug-likeness (QED) is 0.562. The first-order valence-electron chi connectivity index (χ1n) is 3.36. The molecule has 0 saturated carbocycles. The molecule has 0 aromatic carbocycles. The highest BCUT2D eigenvalue weighted by molar-refractivity contribution is 5.58. The largest absolute Gasteiger partial charge is 0.396 e. The lowest BCUT2D eigenvalue weighted by Gasteiger charge is -1.92. The molecule has 0 radical (unpaired) electrons. The van der Waals surface area contributed by atoms with Gasteiger partial charge in [0.1, 0.15) is 11.4 Å². The lowest BCUT2D eigenvalue weighted by atomic mass is 10.2. The van der Waals surface area contributed by atoms with Crippen LogP contribution < -0.4 is 11.5 Å². The van der Waals surface area contributed by atoms with Gasteiger partial charge >= 0.3 is 0 Å². The van der Waals surface area contributed by atoms with Crippen LogP contribution >= 0.6 is 0 Å². The van der Waals surface area contributed by atoms with E-state index >= 15 is 0 Å². The molecule has 0 aliphatic carbocycles. The predicted molar refractivity (Wildman–Crippen MR) is 40.7 cm³/mol. The van der Waals surface area contributed by atoms with E-state index in [1.54, 1.807) is 0 Å². The number of nitrogens with zero attached hydrogens (tertiary/aromatic N) is 1. The molecule has 0 atom stereocenters. The molecule has 11 heavy (non-hydrogen) atoms. The van der Waals surface area contributed by atoms with Crippen molar-refractivity contribution in [3.05, 3.63) is 5.69 Å². The maximum Gasteiger partial charge on any atom is 0.245 e. The molecule has 62 valence electrons. The Hall–Kier alpha value is -1.23. The number of hydrogen-bond acceptors (Lipinski definition) is 5. The van der Waals surface area contributed by atoms with Crippen molar-refractivity contribution < 1.29 is 9.63 Å². The summed E-state index contributed by atoms with van der Waals surface area (Å²) in [4.78, 5) is 0. The van der Waals surface area contributed by atoms with Gasteiger partial charge in [-0.3, -0.25) is 0 Å². The SMILES string of the molecule is Nc1onc(CCCO)c1N. The third-order valence-corrected chi connectivity index (χ3v) is 1.40. The van der Waals surface area contributed by atoms with Crippen molar-refractivity contribution in [3.63, 3.8) is 0 Å². The minimum Gasteiger partial charge on any atom is -0.396 e. The molecule has 0 unspecified atom stereocenters. The number of nitrogen functional groups attached to an aromatic ring is 2. The minimum absolute atomic E-state index is 0.117. The maximum absolute atomic E-state index is 8.49. The summed E-state index contributed by atoms with van der Waals surface area (Å²) in [6.45, 7) is 0.117. The minimum atomic E-state index is 0.117.